The maximum Gasteiger partial charge on any atom is 0.238 e. The highest BCUT2D eigenvalue weighted by molar-refractivity contribution is 7.88. The van der Waals surface area contributed by atoms with Gasteiger partial charge in [0.25, 0.3) is 0 Å². The average Bonchev–Trinajstić information content (AvgIpc) is 3.00. The van der Waals surface area contributed by atoms with E-state index in [0.29, 0.717) is 24.2 Å². The van der Waals surface area contributed by atoms with E-state index >= 15 is 0 Å². The Morgan fingerprint density at radius 1 is 1.41 bits per heavy atom. The zero-order chi connectivity index (χ0) is 15.9. The maximum absolute atomic E-state index is 12.4. The lowest BCUT2D eigenvalue weighted by Gasteiger charge is -2.24. The standard InChI is InChI=1S/C13H20N4O4S/c1-16(22(2,19)20)8-11(18)17-7-3-4-10(17)12-14-13(21-15-12)9-5-6-9/h9-10H,3-8H2,1-2H3. The van der Waals surface area contributed by atoms with Gasteiger partial charge in [0.05, 0.1) is 18.8 Å². The van der Waals surface area contributed by atoms with Crippen LogP contribution in [0.4, 0.5) is 0 Å². The Labute approximate surface area is 129 Å². The number of hydrogen-bond donors (Lipinski definition) is 0. The number of likely N-dealkylation sites (tertiary alicyclic amines) is 1. The van der Waals surface area contributed by atoms with Gasteiger partial charge in [0.15, 0.2) is 5.82 Å². The van der Waals surface area contributed by atoms with Crippen molar-refractivity contribution in [2.45, 2.75) is 37.6 Å². The molecule has 1 amide bonds. The first-order valence-corrected chi connectivity index (χ1v) is 9.25. The highest BCUT2D eigenvalue weighted by Crippen LogP contribution is 2.40. The Bertz CT molecular complexity index is 667. The molecular formula is C13H20N4O4S. The molecule has 2 heterocycles. The number of aromatic nitrogens is 2. The molecule has 1 aromatic rings. The summed E-state index contributed by atoms with van der Waals surface area (Å²) in [5.74, 6) is 1.34. The van der Waals surface area contributed by atoms with Crippen LogP contribution >= 0.6 is 0 Å². The quantitative estimate of drug-likeness (QED) is 0.781. The van der Waals surface area contributed by atoms with E-state index in [1.807, 2.05) is 0 Å². The molecule has 122 valence electrons. The molecule has 1 aromatic heterocycles. The molecule has 1 saturated heterocycles. The topological polar surface area (TPSA) is 96.6 Å². The lowest BCUT2D eigenvalue weighted by atomic mass is 10.2. The fraction of sp³-hybridized carbons (Fsp3) is 0.769. The number of sulfonamides is 1. The molecule has 1 unspecified atom stereocenters. The molecule has 3 rings (SSSR count). The van der Waals surface area contributed by atoms with Crippen LogP contribution in [0.3, 0.4) is 0 Å². The van der Waals surface area contributed by atoms with Crippen molar-refractivity contribution in [2.24, 2.45) is 0 Å². The molecule has 0 spiro atoms. The minimum Gasteiger partial charge on any atom is -0.339 e. The van der Waals surface area contributed by atoms with E-state index in [1.54, 1.807) is 4.90 Å². The lowest BCUT2D eigenvalue weighted by Crippen LogP contribution is -2.40. The molecule has 2 aliphatic rings. The summed E-state index contributed by atoms with van der Waals surface area (Å²) >= 11 is 0. The summed E-state index contributed by atoms with van der Waals surface area (Å²) in [5.41, 5.74) is 0. The van der Waals surface area contributed by atoms with E-state index in [1.165, 1.54) is 7.05 Å². The first-order valence-electron chi connectivity index (χ1n) is 7.40. The molecule has 0 bridgehead atoms. The SMILES string of the molecule is CN(CC(=O)N1CCCC1c1noc(C2CC2)n1)S(C)(=O)=O. The first kappa shape index (κ1) is 15.4. The van der Waals surface area contributed by atoms with Crippen LogP contribution in [0, 0.1) is 0 Å². The van der Waals surface area contributed by atoms with Crippen molar-refractivity contribution in [2.75, 3.05) is 26.4 Å². The normalized spacial score (nSPS) is 22.5. The van der Waals surface area contributed by atoms with Crippen LogP contribution < -0.4 is 0 Å². The largest absolute Gasteiger partial charge is 0.339 e. The zero-order valence-electron chi connectivity index (χ0n) is 12.7. The summed E-state index contributed by atoms with van der Waals surface area (Å²) in [6.45, 7) is 0.428. The van der Waals surface area contributed by atoms with E-state index in [4.69, 9.17) is 4.52 Å². The number of carbonyl (C=O) groups is 1. The van der Waals surface area contributed by atoms with Gasteiger partial charge in [0.1, 0.15) is 0 Å². The molecule has 0 aromatic carbocycles. The number of likely N-dealkylation sites (N-methyl/N-ethyl adjacent to an activating group) is 1. The van der Waals surface area contributed by atoms with Gasteiger partial charge in [-0.1, -0.05) is 5.16 Å². The van der Waals surface area contributed by atoms with Crippen molar-refractivity contribution < 1.29 is 17.7 Å². The number of hydrogen-bond acceptors (Lipinski definition) is 6. The second kappa shape index (κ2) is 5.62. The second-order valence-corrected chi connectivity index (χ2v) is 8.12. The summed E-state index contributed by atoms with van der Waals surface area (Å²) in [5, 5.41) is 4.01. The van der Waals surface area contributed by atoms with E-state index in [-0.39, 0.29) is 18.5 Å². The monoisotopic (exact) mass is 328 g/mol. The molecule has 9 heteroatoms. The van der Waals surface area contributed by atoms with Crippen molar-refractivity contribution in [3.63, 3.8) is 0 Å². The molecule has 1 atom stereocenters. The van der Waals surface area contributed by atoms with Gasteiger partial charge in [0.2, 0.25) is 21.8 Å². The summed E-state index contributed by atoms with van der Waals surface area (Å²) in [4.78, 5) is 18.4. The minimum atomic E-state index is -3.37. The van der Waals surface area contributed by atoms with Crippen molar-refractivity contribution >= 4 is 15.9 Å². The Kier molecular flexibility index (Phi) is 3.94. The number of amides is 1. The van der Waals surface area contributed by atoms with Gasteiger partial charge in [-0.2, -0.15) is 9.29 Å². The number of carbonyl (C=O) groups excluding carboxylic acids is 1. The zero-order valence-corrected chi connectivity index (χ0v) is 13.5. The molecular weight excluding hydrogens is 308 g/mol. The predicted octanol–water partition coefficient (Wildman–Crippen LogP) is 0.502. The summed E-state index contributed by atoms with van der Waals surface area (Å²) in [6.07, 6.45) is 4.87. The van der Waals surface area contributed by atoms with Gasteiger partial charge in [-0.15, -0.1) is 0 Å². The van der Waals surface area contributed by atoms with Gasteiger partial charge in [-0.3, -0.25) is 4.79 Å². The van der Waals surface area contributed by atoms with Gasteiger partial charge >= 0.3 is 0 Å². The lowest BCUT2D eigenvalue weighted by molar-refractivity contribution is -0.132. The fourth-order valence-electron chi connectivity index (χ4n) is 2.61. The van der Waals surface area contributed by atoms with Crippen LogP contribution in [-0.4, -0.2) is 60.1 Å². The Morgan fingerprint density at radius 3 is 2.77 bits per heavy atom. The van der Waals surface area contributed by atoms with Crippen molar-refractivity contribution in [1.82, 2.24) is 19.3 Å². The van der Waals surface area contributed by atoms with Gasteiger partial charge in [-0.05, 0) is 25.7 Å². The Balaban J connectivity index is 1.70. The molecule has 0 N–H and O–H groups in total. The summed E-state index contributed by atoms with van der Waals surface area (Å²) in [6, 6.07) is -0.211. The number of nitrogens with zero attached hydrogens (tertiary/aromatic N) is 4. The summed E-state index contributed by atoms with van der Waals surface area (Å²) < 4.78 is 29.2. The van der Waals surface area contributed by atoms with Crippen LogP contribution in [0.5, 0.6) is 0 Å². The maximum atomic E-state index is 12.4. The third kappa shape index (κ3) is 3.14. The van der Waals surface area contributed by atoms with Crippen molar-refractivity contribution in [1.29, 1.82) is 0 Å². The molecule has 1 aliphatic heterocycles. The van der Waals surface area contributed by atoms with E-state index in [0.717, 1.165) is 36.2 Å². The van der Waals surface area contributed by atoms with Crippen molar-refractivity contribution in [3.05, 3.63) is 11.7 Å². The van der Waals surface area contributed by atoms with Crippen LogP contribution in [0.15, 0.2) is 4.52 Å². The molecule has 22 heavy (non-hydrogen) atoms. The third-order valence-corrected chi connectivity index (χ3v) is 5.44. The Morgan fingerprint density at radius 2 is 2.14 bits per heavy atom. The summed E-state index contributed by atoms with van der Waals surface area (Å²) in [7, 11) is -1.97. The first-order chi connectivity index (χ1) is 10.4. The van der Waals surface area contributed by atoms with E-state index in [2.05, 4.69) is 10.1 Å². The molecule has 0 radical (unpaired) electrons. The predicted molar refractivity (Wildman–Crippen MR) is 77.4 cm³/mol. The molecule has 8 nitrogen and oxygen atoms in total. The van der Waals surface area contributed by atoms with Gasteiger partial charge < -0.3 is 9.42 Å². The van der Waals surface area contributed by atoms with E-state index in [9.17, 15) is 13.2 Å². The van der Waals surface area contributed by atoms with Gasteiger partial charge in [0, 0.05) is 19.5 Å². The second-order valence-electron chi connectivity index (χ2n) is 6.03. The number of rotatable bonds is 5. The highest BCUT2D eigenvalue weighted by Gasteiger charge is 2.36. The average molecular weight is 328 g/mol. The third-order valence-electron chi connectivity index (χ3n) is 4.18. The van der Waals surface area contributed by atoms with Gasteiger partial charge in [-0.25, -0.2) is 8.42 Å². The molecule has 1 aliphatic carbocycles. The Hall–Kier alpha value is -1.48. The highest BCUT2D eigenvalue weighted by atomic mass is 32.2. The van der Waals surface area contributed by atoms with Crippen LogP contribution in [0.25, 0.3) is 0 Å². The van der Waals surface area contributed by atoms with Crippen LogP contribution in [0.2, 0.25) is 0 Å². The van der Waals surface area contributed by atoms with E-state index < -0.39 is 10.0 Å². The fourth-order valence-corrected chi connectivity index (χ4v) is 2.96. The van der Waals surface area contributed by atoms with Crippen LogP contribution in [0.1, 0.15) is 49.4 Å². The van der Waals surface area contributed by atoms with Crippen LogP contribution in [-0.2, 0) is 14.8 Å². The minimum absolute atomic E-state index is 0.164. The molecule has 1 saturated carbocycles. The van der Waals surface area contributed by atoms with Crippen molar-refractivity contribution in [3.8, 4) is 0 Å². The molecule has 2 fully saturated rings. The smallest absolute Gasteiger partial charge is 0.238 e.